The summed E-state index contributed by atoms with van der Waals surface area (Å²) in [6, 6.07) is 16.1. The lowest BCUT2D eigenvalue weighted by atomic mass is 10.2. The molecule has 2 aromatic rings. The molecule has 0 amide bonds. The molecular formula is C19H25NO3. The lowest BCUT2D eigenvalue weighted by molar-refractivity contribution is 0.110. The summed E-state index contributed by atoms with van der Waals surface area (Å²) in [7, 11) is 0. The Morgan fingerprint density at radius 3 is 2.39 bits per heavy atom. The summed E-state index contributed by atoms with van der Waals surface area (Å²) < 4.78 is 16.4. The second-order valence-corrected chi connectivity index (χ2v) is 5.00. The van der Waals surface area contributed by atoms with Crippen molar-refractivity contribution in [3.05, 3.63) is 54.1 Å². The molecule has 0 saturated carbocycles. The molecular weight excluding hydrogens is 290 g/mol. The Bertz CT molecular complexity index is 569. The number of ether oxygens (including phenoxy) is 3. The van der Waals surface area contributed by atoms with E-state index in [1.165, 1.54) is 5.56 Å². The Morgan fingerprint density at radius 2 is 1.65 bits per heavy atom. The van der Waals surface area contributed by atoms with Gasteiger partial charge in [0.05, 0.1) is 13.2 Å². The molecule has 0 aliphatic heterocycles. The van der Waals surface area contributed by atoms with Crippen LogP contribution < -0.4 is 14.8 Å². The van der Waals surface area contributed by atoms with Gasteiger partial charge in [0.2, 0.25) is 0 Å². The highest BCUT2D eigenvalue weighted by Crippen LogP contribution is 2.18. The van der Waals surface area contributed by atoms with Gasteiger partial charge < -0.3 is 19.5 Å². The average Bonchev–Trinajstić information content (AvgIpc) is 2.59. The van der Waals surface area contributed by atoms with E-state index >= 15 is 0 Å². The van der Waals surface area contributed by atoms with Crippen LogP contribution in [0.3, 0.4) is 0 Å². The molecule has 2 aromatic carbocycles. The number of hydrogen-bond donors (Lipinski definition) is 1. The Balaban J connectivity index is 1.82. The van der Waals surface area contributed by atoms with Gasteiger partial charge in [-0.3, -0.25) is 0 Å². The highest BCUT2D eigenvalue weighted by molar-refractivity contribution is 5.47. The third-order valence-corrected chi connectivity index (χ3v) is 3.26. The largest absolute Gasteiger partial charge is 0.494 e. The van der Waals surface area contributed by atoms with Gasteiger partial charge in [0, 0.05) is 18.8 Å². The van der Waals surface area contributed by atoms with Gasteiger partial charge in [-0.25, -0.2) is 0 Å². The lowest BCUT2D eigenvalue weighted by Crippen LogP contribution is -2.06. The fourth-order valence-electron chi connectivity index (χ4n) is 2.15. The maximum absolute atomic E-state index is 5.67. The average molecular weight is 315 g/mol. The first-order valence-electron chi connectivity index (χ1n) is 8.08. The number of rotatable bonds is 10. The number of benzene rings is 2. The van der Waals surface area contributed by atoms with Crippen LogP contribution in [0.2, 0.25) is 0 Å². The standard InChI is InChI=1S/C19H25NO3/c1-3-21-12-13-23-19-7-5-6-16(14-19)15-20-17-8-10-18(11-9-17)22-4-2/h5-11,14,20H,3-4,12-13,15H2,1-2H3. The van der Waals surface area contributed by atoms with E-state index in [0.29, 0.717) is 19.8 Å². The van der Waals surface area contributed by atoms with E-state index in [9.17, 15) is 0 Å². The number of hydrogen-bond acceptors (Lipinski definition) is 4. The predicted octanol–water partition coefficient (Wildman–Crippen LogP) is 4.11. The van der Waals surface area contributed by atoms with E-state index in [0.717, 1.165) is 30.3 Å². The van der Waals surface area contributed by atoms with E-state index in [1.54, 1.807) is 0 Å². The molecule has 0 unspecified atom stereocenters. The second kappa shape index (κ2) is 9.74. The van der Waals surface area contributed by atoms with Crippen LogP contribution in [0.1, 0.15) is 19.4 Å². The topological polar surface area (TPSA) is 39.7 Å². The summed E-state index contributed by atoms with van der Waals surface area (Å²) >= 11 is 0. The van der Waals surface area contributed by atoms with E-state index in [-0.39, 0.29) is 0 Å². The molecule has 0 aliphatic rings. The zero-order chi connectivity index (χ0) is 16.3. The molecule has 2 rings (SSSR count). The van der Waals surface area contributed by atoms with Gasteiger partial charge in [0.1, 0.15) is 18.1 Å². The Hall–Kier alpha value is -2.20. The van der Waals surface area contributed by atoms with E-state index in [1.807, 2.05) is 56.3 Å². The summed E-state index contributed by atoms with van der Waals surface area (Å²) in [5.41, 5.74) is 2.24. The van der Waals surface area contributed by atoms with Crippen LogP contribution in [0.15, 0.2) is 48.5 Å². The molecule has 0 heterocycles. The van der Waals surface area contributed by atoms with Gasteiger partial charge in [-0.05, 0) is 55.8 Å². The molecule has 0 saturated heterocycles. The van der Waals surface area contributed by atoms with Crippen molar-refractivity contribution in [3.63, 3.8) is 0 Å². The zero-order valence-electron chi connectivity index (χ0n) is 13.9. The lowest BCUT2D eigenvalue weighted by Gasteiger charge is -2.10. The summed E-state index contributed by atoms with van der Waals surface area (Å²) in [5.74, 6) is 1.76. The van der Waals surface area contributed by atoms with E-state index in [4.69, 9.17) is 14.2 Å². The van der Waals surface area contributed by atoms with Crippen molar-refractivity contribution in [2.24, 2.45) is 0 Å². The minimum atomic E-state index is 0.573. The van der Waals surface area contributed by atoms with Crippen LogP contribution >= 0.6 is 0 Å². The molecule has 0 bridgehead atoms. The quantitative estimate of drug-likeness (QED) is 0.670. The van der Waals surface area contributed by atoms with Crippen LogP contribution in [0, 0.1) is 0 Å². The zero-order valence-corrected chi connectivity index (χ0v) is 13.9. The molecule has 0 aromatic heterocycles. The van der Waals surface area contributed by atoms with Crippen LogP contribution in [0.25, 0.3) is 0 Å². The van der Waals surface area contributed by atoms with Crippen LogP contribution in [0.4, 0.5) is 5.69 Å². The van der Waals surface area contributed by atoms with Crippen molar-refractivity contribution >= 4 is 5.69 Å². The van der Waals surface area contributed by atoms with Crippen molar-refractivity contribution in [1.29, 1.82) is 0 Å². The minimum Gasteiger partial charge on any atom is -0.494 e. The van der Waals surface area contributed by atoms with Crippen molar-refractivity contribution in [2.45, 2.75) is 20.4 Å². The van der Waals surface area contributed by atoms with Crippen molar-refractivity contribution in [1.82, 2.24) is 0 Å². The fourth-order valence-corrected chi connectivity index (χ4v) is 2.15. The molecule has 124 valence electrons. The summed E-state index contributed by atoms with van der Waals surface area (Å²) in [4.78, 5) is 0. The van der Waals surface area contributed by atoms with E-state index in [2.05, 4.69) is 11.4 Å². The molecule has 0 radical (unpaired) electrons. The molecule has 4 nitrogen and oxygen atoms in total. The molecule has 1 N–H and O–H groups in total. The van der Waals surface area contributed by atoms with Gasteiger partial charge in [-0.15, -0.1) is 0 Å². The normalized spacial score (nSPS) is 10.3. The second-order valence-electron chi connectivity index (χ2n) is 5.00. The maximum Gasteiger partial charge on any atom is 0.119 e. The maximum atomic E-state index is 5.67. The Kier molecular flexibility index (Phi) is 7.27. The van der Waals surface area contributed by atoms with E-state index < -0.39 is 0 Å². The predicted molar refractivity (Wildman–Crippen MR) is 93.4 cm³/mol. The molecule has 0 fully saturated rings. The number of anilines is 1. The first kappa shape index (κ1) is 17.2. The SMILES string of the molecule is CCOCCOc1cccc(CNc2ccc(OCC)cc2)c1. The fraction of sp³-hybridized carbons (Fsp3) is 0.368. The Morgan fingerprint density at radius 1 is 0.826 bits per heavy atom. The first-order chi connectivity index (χ1) is 11.3. The van der Waals surface area contributed by atoms with Crippen molar-refractivity contribution in [2.75, 3.05) is 31.7 Å². The minimum absolute atomic E-state index is 0.573. The smallest absolute Gasteiger partial charge is 0.119 e. The summed E-state index contributed by atoms with van der Waals surface area (Å²) in [6.45, 7) is 7.30. The highest BCUT2D eigenvalue weighted by Gasteiger charge is 1.99. The van der Waals surface area contributed by atoms with Crippen LogP contribution in [0.5, 0.6) is 11.5 Å². The Labute approximate surface area is 138 Å². The third kappa shape index (κ3) is 6.20. The number of nitrogens with one attached hydrogen (secondary N) is 1. The highest BCUT2D eigenvalue weighted by atomic mass is 16.5. The molecule has 0 spiro atoms. The van der Waals surface area contributed by atoms with Crippen molar-refractivity contribution in [3.8, 4) is 11.5 Å². The van der Waals surface area contributed by atoms with Crippen LogP contribution in [-0.2, 0) is 11.3 Å². The third-order valence-electron chi connectivity index (χ3n) is 3.26. The van der Waals surface area contributed by atoms with Gasteiger partial charge in [-0.1, -0.05) is 12.1 Å². The summed E-state index contributed by atoms with van der Waals surface area (Å²) in [5, 5.41) is 3.40. The van der Waals surface area contributed by atoms with Crippen LogP contribution in [-0.4, -0.2) is 26.4 Å². The van der Waals surface area contributed by atoms with Gasteiger partial charge in [0.25, 0.3) is 0 Å². The van der Waals surface area contributed by atoms with Gasteiger partial charge >= 0.3 is 0 Å². The first-order valence-corrected chi connectivity index (χ1v) is 8.08. The molecule has 4 heteroatoms. The monoisotopic (exact) mass is 315 g/mol. The molecule has 0 atom stereocenters. The molecule has 0 aliphatic carbocycles. The molecule has 23 heavy (non-hydrogen) atoms. The van der Waals surface area contributed by atoms with Gasteiger partial charge in [-0.2, -0.15) is 0 Å². The van der Waals surface area contributed by atoms with Crippen molar-refractivity contribution < 1.29 is 14.2 Å². The van der Waals surface area contributed by atoms with Gasteiger partial charge in [0.15, 0.2) is 0 Å². The summed E-state index contributed by atoms with van der Waals surface area (Å²) in [6.07, 6.45) is 0.